The molecular formula is C17H27ClO. The van der Waals surface area contributed by atoms with Gasteiger partial charge in [-0.1, -0.05) is 63.1 Å². The monoisotopic (exact) mass is 282 g/mol. The van der Waals surface area contributed by atoms with Gasteiger partial charge < -0.3 is 5.11 Å². The summed E-state index contributed by atoms with van der Waals surface area (Å²) in [4.78, 5) is 0. The molecule has 108 valence electrons. The molecule has 0 saturated carbocycles. The van der Waals surface area contributed by atoms with Gasteiger partial charge in [0, 0.05) is 5.02 Å². The molecule has 0 amide bonds. The van der Waals surface area contributed by atoms with Crippen molar-refractivity contribution in [1.82, 2.24) is 0 Å². The maximum atomic E-state index is 10.3. The molecular weight excluding hydrogens is 256 g/mol. The second-order valence-corrected chi connectivity index (χ2v) is 5.94. The normalized spacial score (nSPS) is 12.7. The SMILES string of the molecule is CCCCCCCCC(O)c1cc(C)c(Cl)cc1C. The van der Waals surface area contributed by atoms with Gasteiger partial charge in [-0.05, 0) is 43.0 Å². The highest BCUT2D eigenvalue weighted by Crippen LogP contribution is 2.28. The molecule has 1 rings (SSSR count). The second-order valence-electron chi connectivity index (χ2n) is 5.53. The Labute approximate surface area is 123 Å². The van der Waals surface area contributed by atoms with Crippen molar-refractivity contribution < 1.29 is 5.11 Å². The Balaban J connectivity index is 2.41. The lowest BCUT2D eigenvalue weighted by molar-refractivity contribution is 0.162. The third-order valence-electron chi connectivity index (χ3n) is 3.74. The zero-order valence-electron chi connectivity index (χ0n) is 12.5. The molecule has 2 heteroatoms. The number of aliphatic hydroxyl groups is 1. The largest absolute Gasteiger partial charge is 0.388 e. The average Bonchev–Trinajstić information content (AvgIpc) is 2.37. The first-order valence-corrected chi connectivity index (χ1v) is 7.88. The molecule has 0 aromatic heterocycles. The molecule has 0 aliphatic heterocycles. The van der Waals surface area contributed by atoms with Gasteiger partial charge in [0.2, 0.25) is 0 Å². The Morgan fingerprint density at radius 1 is 1.00 bits per heavy atom. The highest BCUT2D eigenvalue weighted by Gasteiger charge is 2.11. The predicted octanol–water partition coefficient (Wildman–Crippen LogP) is 5.74. The van der Waals surface area contributed by atoms with E-state index >= 15 is 0 Å². The number of unbranched alkanes of at least 4 members (excludes halogenated alkanes) is 5. The first-order valence-electron chi connectivity index (χ1n) is 7.51. The van der Waals surface area contributed by atoms with E-state index in [9.17, 15) is 5.11 Å². The molecule has 0 saturated heterocycles. The fourth-order valence-electron chi connectivity index (χ4n) is 2.44. The molecule has 0 heterocycles. The van der Waals surface area contributed by atoms with Crippen molar-refractivity contribution in [3.05, 3.63) is 33.8 Å². The first kappa shape index (κ1) is 16.5. The Kier molecular flexibility index (Phi) is 7.48. The van der Waals surface area contributed by atoms with Crippen LogP contribution in [0, 0.1) is 13.8 Å². The van der Waals surface area contributed by atoms with Crippen LogP contribution in [0.2, 0.25) is 5.02 Å². The molecule has 0 aliphatic rings. The number of halogens is 1. The maximum Gasteiger partial charge on any atom is 0.0792 e. The van der Waals surface area contributed by atoms with Gasteiger partial charge in [0.1, 0.15) is 0 Å². The van der Waals surface area contributed by atoms with Crippen LogP contribution in [-0.2, 0) is 0 Å². The number of aryl methyl sites for hydroxylation is 2. The van der Waals surface area contributed by atoms with E-state index in [4.69, 9.17) is 11.6 Å². The van der Waals surface area contributed by atoms with Gasteiger partial charge in [-0.3, -0.25) is 0 Å². The number of benzene rings is 1. The van der Waals surface area contributed by atoms with Gasteiger partial charge in [-0.15, -0.1) is 0 Å². The van der Waals surface area contributed by atoms with Crippen molar-refractivity contribution in [2.24, 2.45) is 0 Å². The van der Waals surface area contributed by atoms with Crippen molar-refractivity contribution >= 4 is 11.6 Å². The molecule has 1 unspecified atom stereocenters. The van der Waals surface area contributed by atoms with Crippen molar-refractivity contribution in [2.75, 3.05) is 0 Å². The number of rotatable bonds is 8. The van der Waals surface area contributed by atoms with E-state index in [1.54, 1.807) is 0 Å². The minimum Gasteiger partial charge on any atom is -0.388 e. The van der Waals surface area contributed by atoms with E-state index < -0.39 is 0 Å². The Morgan fingerprint density at radius 3 is 2.32 bits per heavy atom. The molecule has 1 aromatic rings. The zero-order valence-corrected chi connectivity index (χ0v) is 13.3. The van der Waals surface area contributed by atoms with Crippen LogP contribution in [0.4, 0.5) is 0 Å². The molecule has 0 fully saturated rings. The summed E-state index contributed by atoms with van der Waals surface area (Å²) in [5.74, 6) is 0. The minimum atomic E-state index is -0.345. The lowest BCUT2D eigenvalue weighted by atomic mass is 9.96. The number of hydrogen-bond acceptors (Lipinski definition) is 1. The lowest BCUT2D eigenvalue weighted by Crippen LogP contribution is -2.01. The third kappa shape index (κ3) is 5.54. The summed E-state index contributed by atoms with van der Waals surface area (Å²) < 4.78 is 0. The van der Waals surface area contributed by atoms with Gasteiger partial charge in [-0.25, -0.2) is 0 Å². The summed E-state index contributed by atoms with van der Waals surface area (Å²) in [6.07, 6.45) is 8.07. The highest BCUT2D eigenvalue weighted by molar-refractivity contribution is 6.31. The molecule has 0 radical (unpaired) electrons. The van der Waals surface area contributed by atoms with Gasteiger partial charge in [-0.2, -0.15) is 0 Å². The second kappa shape index (κ2) is 8.60. The minimum absolute atomic E-state index is 0.345. The lowest BCUT2D eigenvalue weighted by Gasteiger charge is -2.15. The van der Waals surface area contributed by atoms with E-state index in [0.29, 0.717) is 0 Å². The van der Waals surface area contributed by atoms with Crippen molar-refractivity contribution in [3.63, 3.8) is 0 Å². The molecule has 1 atom stereocenters. The summed E-state index contributed by atoms with van der Waals surface area (Å²) in [5, 5.41) is 11.1. The van der Waals surface area contributed by atoms with Gasteiger partial charge in [0.25, 0.3) is 0 Å². The number of aliphatic hydroxyl groups excluding tert-OH is 1. The molecule has 1 aromatic carbocycles. The Bertz CT molecular complexity index is 387. The summed E-state index contributed by atoms with van der Waals surface area (Å²) in [5.41, 5.74) is 3.17. The van der Waals surface area contributed by atoms with Crippen LogP contribution < -0.4 is 0 Å². The Morgan fingerprint density at radius 2 is 1.63 bits per heavy atom. The van der Waals surface area contributed by atoms with Crippen LogP contribution in [0.3, 0.4) is 0 Å². The summed E-state index contributed by atoms with van der Waals surface area (Å²) in [7, 11) is 0. The van der Waals surface area contributed by atoms with Crippen LogP contribution in [0.5, 0.6) is 0 Å². The standard InChI is InChI=1S/C17H27ClO/c1-4-5-6-7-8-9-10-17(19)15-11-14(3)16(18)12-13(15)2/h11-12,17,19H,4-10H2,1-3H3. The third-order valence-corrected chi connectivity index (χ3v) is 4.14. The summed E-state index contributed by atoms with van der Waals surface area (Å²) in [6.45, 7) is 6.24. The molecule has 0 aliphatic carbocycles. The van der Waals surface area contributed by atoms with Crippen molar-refractivity contribution in [3.8, 4) is 0 Å². The smallest absolute Gasteiger partial charge is 0.0792 e. The van der Waals surface area contributed by atoms with Crippen molar-refractivity contribution in [2.45, 2.75) is 71.8 Å². The highest BCUT2D eigenvalue weighted by atomic mass is 35.5. The quantitative estimate of drug-likeness (QED) is 0.603. The predicted molar refractivity (Wildman–Crippen MR) is 83.9 cm³/mol. The molecule has 19 heavy (non-hydrogen) atoms. The fraction of sp³-hybridized carbons (Fsp3) is 0.647. The fourth-order valence-corrected chi connectivity index (χ4v) is 2.65. The van der Waals surface area contributed by atoms with E-state index in [1.807, 2.05) is 26.0 Å². The van der Waals surface area contributed by atoms with Gasteiger partial charge >= 0.3 is 0 Å². The van der Waals surface area contributed by atoms with Crippen LogP contribution in [0.25, 0.3) is 0 Å². The van der Waals surface area contributed by atoms with E-state index in [0.717, 1.165) is 34.6 Å². The molecule has 0 bridgehead atoms. The Hall–Kier alpha value is -0.530. The molecule has 1 N–H and O–H groups in total. The van der Waals surface area contributed by atoms with Crippen molar-refractivity contribution in [1.29, 1.82) is 0 Å². The van der Waals surface area contributed by atoms with Gasteiger partial charge in [0.05, 0.1) is 6.10 Å². The van der Waals surface area contributed by atoms with Crippen LogP contribution in [0.15, 0.2) is 12.1 Å². The van der Waals surface area contributed by atoms with E-state index in [1.165, 1.54) is 32.1 Å². The summed E-state index contributed by atoms with van der Waals surface area (Å²) >= 11 is 6.08. The molecule has 1 nitrogen and oxygen atoms in total. The first-order chi connectivity index (χ1) is 9.06. The number of hydrogen-bond donors (Lipinski definition) is 1. The van der Waals surface area contributed by atoms with E-state index in [2.05, 4.69) is 6.92 Å². The van der Waals surface area contributed by atoms with Crippen LogP contribution >= 0.6 is 11.6 Å². The summed E-state index contributed by atoms with van der Waals surface area (Å²) in [6, 6.07) is 3.98. The molecule has 0 spiro atoms. The van der Waals surface area contributed by atoms with E-state index in [-0.39, 0.29) is 6.10 Å². The zero-order chi connectivity index (χ0) is 14.3. The topological polar surface area (TPSA) is 20.2 Å². The maximum absolute atomic E-state index is 10.3. The van der Waals surface area contributed by atoms with Crippen LogP contribution in [0.1, 0.15) is 74.7 Å². The van der Waals surface area contributed by atoms with Gasteiger partial charge in [0.15, 0.2) is 0 Å². The average molecular weight is 283 g/mol. The van der Waals surface area contributed by atoms with Crippen LogP contribution in [-0.4, -0.2) is 5.11 Å².